The van der Waals surface area contributed by atoms with E-state index in [1.165, 1.54) is 9.60 Å². The SMILES string of the molecule is C[C@@H](N)c1ccc(Sc2nc3ccccc3s2)cc1. The molecule has 0 spiro atoms. The van der Waals surface area contributed by atoms with Gasteiger partial charge >= 0.3 is 0 Å². The van der Waals surface area contributed by atoms with Gasteiger partial charge < -0.3 is 5.73 Å². The lowest BCUT2D eigenvalue weighted by Gasteiger charge is -2.05. The Balaban J connectivity index is 1.84. The van der Waals surface area contributed by atoms with Crippen molar-refractivity contribution in [2.75, 3.05) is 0 Å². The Morgan fingerprint density at radius 3 is 2.53 bits per heavy atom. The van der Waals surface area contributed by atoms with Gasteiger partial charge in [0.1, 0.15) is 0 Å². The lowest BCUT2D eigenvalue weighted by Crippen LogP contribution is -2.04. The minimum atomic E-state index is 0.0847. The predicted molar refractivity (Wildman–Crippen MR) is 82.8 cm³/mol. The molecule has 2 aromatic carbocycles. The lowest BCUT2D eigenvalue weighted by atomic mass is 10.1. The number of fused-ring (bicyclic) bond motifs is 1. The van der Waals surface area contributed by atoms with Gasteiger partial charge in [0.25, 0.3) is 0 Å². The largest absolute Gasteiger partial charge is 0.324 e. The van der Waals surface area contributed by atoms with Crippen LogP contribution in [0.15, 0.2) is 57.8 Å². The van der Waals surface area contributed by atoms with Gasteiger partial charge in [0.05, 0.1) is 10.2 Å². The molecular formula is C15H14N2S2. The van der Waals surface area contributed by atoms with Crippen molar-refractivity contribution in [1.82, 2.24) is 4.98 Å². The van der Waals surface area contributed by atoms with E-state index in [1.54, 1.807) is 23.1 Å². The topological polar surface area (TPSA) is 38.9 Å². The number of nitrogens with zero attached hydrogens (tertiary/aromatic N) is 1. The van der Waals surface area contributed by atoms with Gasteiger partial charge in [0.15, 0.2) is 4.34 Å². The summed E-state index contributed by atoms with van der Waals surface area (Å²) < 4.78 is 2.31. The molecule has 0 aliphatic carbocycles. The van der Waals surface area contributed by atoms with E-state index in [9.17, 15) is 0 Å². The van der Waals surface area contributed by atoms with Gasteiger partial charge in [-0.25, -0.2) is 4.98 Å². The zero-order valence-electron chi connectivity index (χ0n) is 10.5. The standard InChI is InChI=1S/C15H14N2S2/c1-10(16)11-6-8-12(9-7-11)18-15-17-13-4-2-3-5-14(13)19-15/h2-10H,16H2,1H3/t10-/m1/s1. The first-order valence-electron chi connectivity index (χ1n) is 6.11. The average molecular weight is 286 g/mol. The Bertz CT molecular complexity index is 654. The molecular weight excluding hydrogens is 272 g/mol. The van der Waals surface area contributed by atoms with Gasteiger partial charge in [-0.15, -0.1) is 11.3 Å². The van der Waals surface area contributed by atoms with Crippen molar-refractivity contribution in [1.29, 1.82) is 0 Å². The molecule has 1 aromatic heterocycles. The Hall–Kier alpha value is -1.36. The third kappa shape index (κ3) is 2.81. The van der Waals surface area contributed by atoms with Crippen LogP contribution in [0.1, 0.15) is 18.5 Å². The summed E-state index contributed by atoms with van der Waals surface area (Å²) in [4.78, 5) is 5.82. The molecule has 4 heteroatoms. The molecule has 0 bridgehead atoms. The number of hydrogen-bond donors (Lipinski definition) is 1. The van der Waals surface area contributed by atoms with Gasteiger partial charge in [0, 0.05) is 10.9 Å². The fraction of sp³-hybridized carbons (Fsp3) is 0.133. The molecule has 96 valence electrons. The quantitative estimate of drug-likeness (QED) is 0.772. The van der Waals surface area contributed by atoms with Crippen LogP contribution in [0.3, 0.4) is 0 Å². The van der Waals surface area contributed by atoms with E-state index in [4.69, 9.17) is 5.73 Å². The van der Waals surface area contributed by atoms with Crippen LogP contribution in [0.2, 0.25) is 0 Å². The molecule has 2 N–H and O–H groups in total. The van der Waals surface area contributed by atoms with Crippen LogP contribution in [0.25, 0.3) is 10.2 Å². The van der Waals surface area contributed by atoms with E-state index in [-0.39, 0.29) is 6.04 Å². The number of hydrogen-bond acceptors (Lipinski definition) is 4. The van der Waals surface area contributed by atoms with Crippen molar-refractivity contribution in [3.05, 3.63) is 54.1 Å². The maximum absolute atomic E-state index is 5.85. The third-order valence-electron chi connectivity index (χ3n) is 2.89. The molecule has 0 fully saturated rings. The smallest absolute Gasteiger partial charge is 0.155 e. The normalized spacial score (nSPS) is 12.7. The molecule has 19 heavy (non-hydrogen) atoms. The number of para-hydroxylation sites is 1. The monoisotopic (exact) mass is 286 g/mol. The van der Waals surface area contributed by atoms with Crippen molar-refractivity contribution >= 4 is 33.3 Å². The molecule has 2 nitrogen and oxygen atoms in total. The first kappa shape index (κ1) is 12.7. The Kier molecular flexibility index (Phi) is 3.55. The molecule has 1 heterocycles. The summed E-state index contributed by atoms with van der Waals surface area (Å²) in [5.74, 6) is 0. The summed E-state index contributed by atoms with van der Waals surface area (Å²) in [6.07, 6.45) is 0. The highest BCUT2D eigenvalue weighted by atomic mass is 32.2. The number of rotatable bonds is 3. The Labute approximate surface area is 120 Å². The van der Waals surface area contributed by atoms with Gasteiger partial charge in [-0.1, -0.05) is 36.0 Å². The minimum absolute atomic E-state index is 0.0847. The van der Waals surface area contributed by atoms with Gasteiger partial charge in [-0.05, 0) is 36.8 Å². The minimum Gasteiger partial charge on any atom is -0.324 e. The van der Waals surface area contributed by atoms with E-state index in [0.717, 1.165) is 15.4 Å². The molecule has 0 radical (unpaired) electrons. The van der Waals surface area contributed by atoms with Crippen LogP contribution >= 0.6 is 23.1 Å². The molecule has 0 amide bonds. The van der Waals surface area contributed by atoms with Crippen molar-refractivity contribution in [3.63, 3.8) is 0 Å². The van der Waals surface area contributed by atoms with Crippen molar-refractivity contribution in [3.8, 4) is 0 Å². The molecule has 0 aliphatic heterocycles. The van der Waals surface area contributed by atoms with Crippen LogP contribution in [-0.4, -0.2) is 4.98 Å². The summed E-state index contributed by atoms with van der Waals surface area (Å²) in [5.41, 5.74) is 8.08. The molecule has 3 rings (SSSR count). The lowest BCUT2D eigenvalue weighted by molar-refractivity contribution is 0.817. The number of thiazole rings is 1. The van der Waals surface area contributed by atoms with Crippen molar-refractivity contribution < 1.29 is 0 Å². The van der Waals surface area contributed by atoms with Gasteiger partial charge in [-0.2, -0.15) is 0 Å². The van der Waals surface area contributed by atoms with E-state index >= 15 is 0 Å². The summed E-state index contributed by atoms with van der Waals surface area (Å²) in [6.45, 7) is 2.00. The van der Waals surface area contributed by atoms with Crippen LogP contribution in [-0.2, 0) is 0 Å². The first-order valence-corrected chi connectivity index (χ1v) is 7.74. The molecule has 3 aromatic rings. The maximum Gasteiger partial charge on any atom is 0.155 e. The third-order valence-corrected chi connectivity index (χ3v) is 4.99. The highest BCUT2D eigenvalue weighted by molar-refractivity contribution is 8.01. The number of benzene rings is 2. The number of aromatic nitrogens is 1. The summed E-state index contributed by atoms with van der Waals surface area (Å²) in [6, 6.07) is 16.7. The molecule has 0 saturated heterocycles. The average Bonchev–Trinajstić information content (AvgIpc) is 2.81. The van der Waals surface area contributed by atoms with Crippen LogP contribution in [0, 0.1) is 0 Å². The van der Waals surface area contributed by atoms with Crippen molar-refractivity contribution in [2.45, 2.75) is 22.2 Å². The van der Waals surface area contributed by atoms with Gasteiger partial charge in [0.2, 0.25) is 0 Å². The fourth-order valence-corrected chi connectivity index (χ4v) is 3.87. The molecule has 0 saturated carbocycles. The molecule has 1 atom stereocenters. The van der Waals surface area contributed by atoms with Crippen LogP contribution in [0.5, 0.6) is 0 Å². The zero-order chi connectivity index (χ0) is 13.2. The molecule has 0 aliphatic rings. The van der Waals surface area contributed by atoms with E-state index in [0.29, 0.717) is 0 Å². The van der Waals surface area contributed by atoms with Crippen molar-refractivity contribution in [2.24, 2.45) is 5.73 Å². The Morgan fingerprint density at radius 1 is 1.11 bits per heavy atom. The first-order chi connectivity index (χ1) is 9.22. The maximum atomic E-state index is 5.85. The molecule has 0 unspecified atom stereocenters. The summed E-state index contributed by atoms with van der Waals surface area (Å²) in [5, 5.41) is 0. The second-order valence-electron chi connectivity index (χ2n) is 4.41. The fourth-order valence-electron chi connectivity index (χ4n) is 1.83. The second kappa shape index (κ2) is 5.33. The highest BCUT2D eigenvalue weighted by Gasteiger charge is 2.05. The zero-order valence-corrected chi connectivity index (χ0v) is 12.2. The predicted octanol–water partition coefficient (Wildman–Crippen LogP) is 4.47. The second-order valence-corrected chi connectivity index (χ2v) is 6.76. The highest BCUT2D eigenvalue weighted by Crippen LogP contribution is 2.34. The van der Waals surface area contributed by atoms with Gasteiger partial charge in [-0.3, -0.25) is 0 Å². The summed E-state index contributed by atoms with van der Waals surface area (Å²) >= 11 is 3.43. The van der Waals surface area contributed by atoms with Crippen LogP contribution in [0.4, 0.5) is 0 Å². The summed E-state index contributed by atoms with van der Waals surface area (Å²) in [7, 11) is 0. The Morgan fingerprint density at radius 2 is 1.84 bits per heavy atom. The van der Waals surface area contributed by atoms with Crippen LogP contribution < -0.4 is 5.73 Å². The van der Waals surface area contributed by atoms with E-state index in [2.05, 4.69) is 41.4 Å². The number of nitrogens with two attached hydrogens (primary N) is 1. The van der Waals surface area contributed by atoms with E-state index < -0.39 is 0 Å². The van der Waals surface area contributed by atoms with E-state index in [1.807, 2.05) is 19.1 Å².